The molecule has 0 unspecified atom stereocenters. The summed E-state index contributed by atoms with van der Waals surface area (Å²) < 4.78 is 38.8. The predicted octanol–water partition coefficient (Wildman–Crippen LogP) is 2.91. The molecule has 9 nitrogen and oxygen atoms in total. The minimum absolute atomic E-state index is 0.157. The molecule has 0 aliphatic heterocycles. The smallest absolute Gasteiger partial charge is 0.406 e. The van der Waals surface area contributed by atoms with E-state index in [9.17, 15) is 18.0 Å². The van der Waals surface area contributed by atoms with Crippen LogP contribution < -0.4 is 15.4 Å². The van der Waals surface area contributed by atoms with Gasteiger partial charge in [0.15, 0.2) is 0 Å². The molecular formula is C24H29N3O6S. The van der Waals surface area contributed by atoms with Crippen molar-refractivity contribution in [3.05, 3.63) is 59.3 Å². The van der Waals surface area contributed by atoms with Gasteiger partial charge in [0, 0.05) is 24.5 Å². The molecule has 3 rings (SSSR count). The molecule has 1 aromatic heterocycles. The van der Waals surface area contributed by atoms with Gasteiger partial charge in [-0.25, -0.2) is 17.2 Å². The first-order valence-electron chi connectivity index (χ1n) is 10.8. The number of fused-ring (bicyclic) bond motifs is 1. The van der Waals surface area contributed by atoms with Crippen LogP contribution >= 0.6 is 0 Å². The lowest BCUT2D eigenvalue weighted by atomic mass is 10.1. The Bertz CT molecular complexity index is 1300. The van der Waals surface area contributed by atoms with Crippen LogP contribution in [0, 0.1) is 13.8 Å². The van der Waals surface area contributed by atoms with Crippen molar-refractivity contribution in [2.75, 3.05) is 26.8 Å². The number of methoxy groups -OCH3 is 1. The average Bonchev–Trinajstić information content (AvgIpc) is 3.08. The number of amides is 2. The second-order valence-corrected chi connectivity index (χ2v) is 9.61. The van der Waals surface area contributed by atoms with Gasteiger partial charge in [-0.1, -0.05) is 17.7 Å². The van der Waals surface area contributed by atoms with E-state index in [1.807, 2.05) is 6.92 Å². The molecule has 0 radical (unpaired) electrons. The lowest BCUT2D eigenvalue weighted by molar-refractivity contribution is -0.118. The van der Waals surface area contributed by atoms with E-state index < -0.39 is 16.1 Å². The van der Waals surface area contributed by atoms with Crippen molar-refractivity contribution in [3.8, 4) is 5.75 Å². The number of aryl methyl sites for hydroxylation is 1. The fourth-order valence-electron chi connectivity index (χ4n) is 3.72. The molecule has 0 fully saturated rings. The number of alkyl carbamates (subject to hydrolysis) is 1. The van der Waals surface area contributed by atoms with Crippen LogP contribution in [0.15, 0.2) is 47.4 Å². The van der Waals surface area contributed by atoms with Crippen LogP contribution in [0.3, 0.4) is 0 Å². The van der Waals surface area contributed by atoms with E-state index in [-0.39, 0.29) is 24.0 Å². The van der Waals surface area contributed by atoms with E-state index >= 15 is 0 Å². The molecule has 34 heavy (non-hydrogen) atoms. The number of nitrogens with zero attached hydrogens (tertiary/aromatic N) is 1. The summed E-state index contributed by atoms with van der Waals surface area (Å²) >= 11 is 0. The van der Waals surface area contributed by atoms with Gasteiger partial charge in [-0.05, 0) is 56.2 Å². The SMILES string of the molecule is COC(=O)NCCOc1ccc2c(c1)c(CCNC(C)=O)c(C)n2S(=O)(=O)c1ccc(C)cc1. The highest BCUT2D eigenvalue weighted by Gasteiger charge is 2.25. The van der Waals surface area contributed by atoms with E-state index in [4.69, 9.17) is 4.74 Å². The van der Waals surface area contributed by atoms with Gasteiger partial charge in [0.1, 0.15) is 12.4 Å². The van der Waals surface area contributed by atoms with Crippen molar-refractivity contribution < 1.29 is 27.5 Å². The molecule has 0 saturated carbocycles. The number of rotatable bonds is 9. The van der Waals surface area contributed by atoms with Gasteiger partial charge in [0.05, 0.1) is 24.1 Å². The monoisotopic (exact) mass is 487 g/mol. The molecule has 0 atom stereocenters. The molecule has 2 amide bonds. The minimum atomic E-state index is -3.85. The molecule has 0 saturated heterocycles. The summed E-state index contributed by atoms with van der Waals surface area (Å²) in [7, 11) is -2.57. The first-order valence-corrected chi connectivity index (χ1v) is 12.2. The van der Waals surface area contributed by atoms with Crippen LogP contribution in [0.5, 0.6) is 5.75 Å². The first kappa shape index (κ1) is 25.1. The number of ether oxygens (including phenoxy) is 2. The Morgan fingerprint density at radius 2 is 1.71 bits per heavy atom. The third-order valence-electron chi connectivity index (χ3n) is 5.39. The summed E-state index contributed by atoms with van der Waals surface area (Å²) in [4.78, 5) is 22.7. The molecule has 0 aliphatic rings. The van der Waals surface area contributed by atoms with Gasteiger partial charge >= 0.3 is 6.09 Å². The van der Waals surface area contributed by atoms with Crippen molar-refractivity contribution in [2.45, 2.75) is 32.1 Å². The second kappa shape index (κ2) is 10.6. The fraction of sp³-hybridized carbons (Fsp3) is 0.333. The van der Waals surface area contributed by atoms with E-state index in [0.717, 1.165) is 16.5 Å². The van der Waals surface area contributed by atoms with Crippen LogP contribution in [0.25, 0.3) is 10.9 Å². The number of hydrogen-bond acceptors (Lipinski definition) is 6. The number of nitrogens with one attached hydrogen (secondary N) is 2. The maximum Gasteiger partial charge on any atom is 0.406 e. The number of benzene rings is 2. The molecule has 2 N–H and O–H groups in total. The van der Waals surface area contributed by atoms with Crippen LogP contribution in [-0.4, -0.2) is 51.2 Å². The third kappa shape index (κ3) is 5.51. The second-order valence-electron chi connectivity index (χ2n) is 7.83. The number of carbonyl (C=O) groups is 2. The maximum absolute atomic E-state index is 13.6. The van der Waals surface area contributed by atoms with E-state index in [0.29, 0.717) is 29.9 Å². The molecular weight excluding hydrogens is 458 g/mol. The van der Waals surface area contributed by atoms with Crippen molar-refractivity contribution >= 4 is 32.9 Å². The number of aromatic nitrogens is 1. The third-order valence-corrected chi connectivity index (χ3v) is 7.21. The van der Waals surface area contributed by atoms with Crippen LogP contribution in [0.2, 0.25) is 0 Å². The Morgan fingerprint density at radius 3 is 2.35 bits per heavy atom. The van der Waals surface area contributed by atoms with Crippen LogP contribution in [-0.2, 0) is 26.0 Å². The van der Waals surface area contributed by atoms with Gasteiger partial charge in [0.2, 0.25) is 5.91 Å². The van der Waals surface area contributed by atoms with E-state index in [2.05, 4.69) is 15.4 Å². The Hall–Kier alpha value is -3.53. The number of carbonyl (C=O) groups excluding carboxylic acids is 2. The topological polar surface area (TPSA) is 116 Å². The van der Waals surface area contributed by atoms with Gasteiger partial charge in [-0.3, -0.25) is 4.79 Å². The molecule has 10 heteroatoms. The zero-order valence-electron chi connectivity index (χ0n) is 19.7. The molecule has 1 heterocycles. The molecule has 0 spiro atoms. The van der Waals surface area contributed by atoms with Gasteiger partial charge in [-0.2, -0.15) is 0 Å². The summed E-state index contributed by atoms with van der Waals surface area (Å²) in [6.45, 7) is 5.93. The van der Waals surface area contributed by atoms with Gasteiger partial charge < -0.3 is 20.1 Å². The van der Waals surface area contributed by atoms with Crippen molar-refractivity contribution in [1.29, 1.82) is 0 Å². The highest BCUT2D eigenvalue weighted by atomic mass is 32.2. The zero-order valence-corrected chi connectivity index (χ0v) is 20.5. The molecule has 182 valence electrons. The minimum Gasteiger partial charge on any atom is -0.492 e. The van der Waals surface area contributed by atoms with Crippen molar-refractivity contribution in [1.82, 2.24) is 14.6 Å². The Labute approximate surface area is 199 Å². The maximum atomic E-state index is 13.6. The van der Waals surface area contributed by atoms with E-state index in [1.165, 1.54) is 18.0 Å². The molecule has 2 aromatic carbocycles. The first-order chi connectivity index (χ1) is 16.1. The molecule has 3 aromatic rings. The summed E-state index contributed by atoms with van der Waals surface area (Å²) in [5.74, 6) is 0.376. The summed E-state index contributed by atoms with van der Waals surface area (Å²) in [5, 5.41) is 6.02. The van der Waals surface area contributed by atoms with E-state index in [1.54, 1.807) is 49.4 Å². The summed E-state index contributed by atoms with van der Waals surface area (Å²) in [6, 6.07) is 11.9. The Kier molecular flexibility index (Phi) is 7.83. The average molecular weight is 488 g/mol. The van der Waals surface area contributed by atoms with Gasteiger partial charge in [0.25, 0.3) is 10.0 Å². The Morgan fingerprint density at radius 1 is 1.00 bits per heavy atom. The lowest BCUT2D eigenvalue weighted by Gasteiger charge is -2.11. The largest absolute Gasteiger partial charge is 0.492 e. The predicted molar refractivity (Wildman–Crippen MR) is 129 cm³/mol. The highest BCUT2D eigenvalue weighted by molar-refractivity contribution is 7.90. The molecule has 0 bridgehead atoms. The van der Waals surface area contributed by atoms with Crippen LogP contribution in [0.4, 0.5) is 4.79 Å². The normalized spacial score (nSPS) is 11.3. The molecule has 0 aliphatic carbocycles. The standard InChI is InChI=1S/C24H29N3O6S/c1-16-5-8-20(9-6-16)34(30,31)27-17(2)21(11-12-25-18(3)28)22-15-19(7-10-23(22)27)33-14-13-26-24(29)32-4/h5-10,15H,11-14H2,1-4H3,(H,25,28)(H,26,29). The quantitative estimate of drug-likeness (QED) is 0.449. The van der Waals surface area contributed by atoms with Gasteiger partial charge in [-0.15, -0.1) is 0 Å². The number of hydrogen-bond donors (Lipinski definition) is 2. The lowest BCUT2D eigenvalue weighted by Crippen LogP contribution is -2.27. The summed E-state index contributed by atoms with van der Waals surface area (Å²) in [6.07, 6.45) is -0.0978. The zero-order chi connectivity index (χ0) is 24.9. The highest BCUT2D eigenvalue weighted by Crippen LogP contribution is 2.33. The van der Waals surface area contributed by atoms with Crippen LogP contribution in [0.1, 0.15) is 23.7 Å². The van der Waals surface area contributed by atoms with Crippen molar-refractivity contribution in [3.63, 3.8) is 0 Å². The summed E-state index contributed by atoms with van der Waals surface area (Å²) in [5.41, 5.74) is 2.87. The van der Waals surface area contributed by atoms with Crippen molar-refractivity contribution in [2.24, 2.45) is 0 Å². The Balaban J connectivity index is 2.01. The fourth-order valence-corrected chi connectivity index (χ4v) is 5.30.